The second-order valence-corrected chi connectivity index (χ2v) is 6.61. The predicted molar refractivity (Wildman–Crippen MR) is 114 cm³/mol. The molecule has 0 atom stereocenters. The lowest BCUT2D eigenvalue weighted by molar-refractivity contribution is -0.137. The van der Waals surface area contributed by atoms with Gasteiger partial charge < -0.3 is 4.74 Å². The Kier molecular flexibility index (Phi) is 8.66. The van der Waals surface area contributed by atoms with Gasteiger partial charge in [0.05, 0.1) is 5.56 Å². The topological polar surface area (TPSA) is 60.8 Å². The molecule has 0 N–H and O–H groups in total. The number of alkyl halides is 3. The van der Waals surface area contributed by atoms with Gasteiger partial charge in [0.2, 0.25) is 11.7 Å². The molecule has 0 fully saturated rings. The minimum Gasteiger partial charge on any atom is -0.437 e. The van der Waals surface area contributed by atoms with Crippen molar-refractivity contribution in [3.63, 3.8) is 0 Å². The lowest BCUT2D eigenvalue weighted by Crippen LogP contribution is -2.04. The van der Waals surface area contributed by atoms with Gasteiger partial charge in [-0.15, -0.1) is 0 Å². The molecule has 0 aliphatic rings. The second kappa shape index (κ2) is 11.0. The van der Waals surface area contributed by atoms with Crippen molar-refractivity contribution in [2.24, 2.45) is 0 Å². The Morgan fingerprint density at radius 1 is 0.966 bits per heavy atom. The summed E-state index contributed by atoms with van der Waals surface area (Å²) in [5.74, 6) is 3.46. The quantitative estimate of drug-likeness (QED) is 0.299. The SMILES string of the molecule is CC.FC(F)(F)c1ccc(Oc2nccnc2-c2cnc(C#CSI)nc2)cc1. The standard InChI is InChI=1S/C17H8F3IN4OS.C2H6/c18-17(19,20)12-1-3-13(4-2-12)26-16-15(22-6-7-23-16)11-9-24-14(25-10-11)5-8-27-21;1-2/h1-4,6-7,9-10H;1-2H3. The van der Waals surface area contributed by atoms with Gasteiger partial charge in [0.15, 0.2) is 0 Å². The van der Waals surface area contributed by atoms with E-state index in [0.717, 1.165) is 12.1 Å². The Balaban J connectivity index is 0.00000145. The van der Waals surface area contributed by atoms with Gasteiger partial charge in [-0.2, -0.15) is 13.2 Å². The molecular weight excluding hydrogens is 516 g/mol. The summed E-state index contributed by atoms with van der Waals surface area (Å²) in [5.41, 5.74) is 0.141. The van der Waals surface area contributed by atoms with Crippen LogP contribution >= 0.6 is 30.1 Å². The largest absolute Gasteiger partial charge is 0.437 e. The van der Waals surface area contributed by atoms with Gasteiger partial charge in [-0.3, -0.25) is 0 Å². The maximum Gasteiger partial charge on any atom is 0.416 e. The molecule has 10 heteroatoms. The maximum absolute atomic E-state index is 12.7. The van der Waals surface area contributed by atoms with Crippen LogP contribution in [0.4, 0.5) is 13.2 Å². The molecule has 0 unspecified atom stereocenters. The van der Waals surface area contributed by atoms with Crippen LogP contribution in [0.3, 0.4) is 0 Å². The molecule has 3 rings (SSSR count). The Morgan fingerprint density at radius 3 is 2.17 bits per heavy atom. The van der Waals surface area contributed by atoms with Crippen LogP contribution in [0.1, 0.15) is 25.2 Å². The van der Waals surface area contributed by atoms with Crippen molar-refractivity contribution in [2.45, 2.75) is 20.0 Å². The molecule has 0 aliphatic heterocycles. The van der Waals surface area contributed by atoms with Crippen LogP contribution in [0.5, 0.6) is 11.6 Å². The highest BCUT2D eigenvalue weighted by Gasteiger charge is 2.30. The lowest BCUT2D eigenvalue weighted by atomic mass is 10.2. The summed E-state index contributed by atoms with van der Waals surface area (Å²) in [6.07, 6.45) is 1.53. The molecule has 5 nitrogen and oxygen atoms in total. The summed E-state index contributed by atoms with van der Waals surface area (Å²) in [4.78, 5) is 16.6. The van der Waals surface area contributed by atoms with Gasteiger partial charge in [-0.1, -0.05) is 13.8 Å². The lowest BCUT2D eigenvalue weighted by Gasteiger charge is -2.10. The summed E-state index contributed by atoms with van der Waals surface area (Å²) >= 11 is 2.04. The van der Waals surface area contributed by atoms with Crippen molar-refractivity contribution >= 4 is 30.1 Å². The molecule has 1 aromatic carbocycles. The molecule has 0 saturated heterocycles. The highest BCUT2D eigenvalue weighted by Crippen LogP contribution is 2.32. The number of halogens is 4. The molecule has 0 spiro atoms. The molecule has 3 aromatic rings. The van der Waals surface area contributed by atoms with Gasteiger partial charge >= 0.3 is 6.18 Å². The van der Waals surface area contributed by atoms with Crippen LogP contribution in [0.15, 0.2) is 49.1 Å². The van der Waals surface area contributed by atoms with Crippen molar-refractivity contribution in [2.75, 3.05) is 0 Å². The van der Waals surface area contributed by atoms with E-state index in [1.165, 1.54) is 45.9 Å². The first-order valence-corrected chi connectivity index (χ1v) is 11.6. The van der Waals surface area contributed by atoms with Gasteiger partial charge in [0, 0.05) is 51.6 Å². The Morgan fingerprint density at radius 2 is 1.59 bits per heavy atom. The smallest absolute Gasteiger partial charge is 0.416 e. The zero-order chi connectivity index (χ0) is 21.3. The average molecular weight is 530 g/mol. The fourth-order valence-electron chi connectivity index (χ4n) is 2.00. The molecule has 0 saturated carbocycles. The molecule has 150 valence electrons. The third-order valence-corrected chi connectivity index (χ3v) is 4.03. The Labute approximate surface area is 182 Å². The zero-order valence-corrected chi connectivity index (χ0v) is 18.2. The van der Waals surface area contributed by atoms with Gasteiger partial charge in [0.25, 0.3) is 0 Å². The summed E-state index contributed by atoms with van der Waals surface area (Å²) < 4.78 is 43.6. The van der Waals surface area contributed by atoms with Crippen LogP contribution < -0.4 is 4.74 Å². The van der Waals surface area contributed by atoms with E-state index in [2.05, 4.69) is 31.1 Å². The summed E-state index contributed by atoms with van der Waals surface area (Å²) in [6, 6.07) is 4.32. The first-order chi connectivity index (χ1) is 14.0. The molecule has 0 aliphatic carbocycles. The van der Waals surface area contributed by atoms with Crippen molar-refractivity contribution in [1.29, 1.82) is 0 Å². The highest BCUT2D eigenvalue weighted by atomic mass is 127. The number of hydrogen-bond donors (Lipinski definition) is 0. The van der Waals surface area contributed by atoms with Crippen LogP contribution in [-0.2, 0) is 6.18 Å². The molecule has 0 bridgehead atoms. The predicted octanol–water partition coefficient (Wildman–Crippen LogP) is 6.16. The van der Waals surface area contributed by atoms with E-state index >= 15 is 0 Å². The van der Waals surface area contributed by atoms with E-state index in [1.807, 2.05) is 35.1 Å². The highest BCUT2D eigenvalue weighted by molar-refractivity contribution is 14.2. The molecular formula is C19H14F3IN4OS. The third-order valence-electron chi connectivity index (χ3n) is 3.19. The molecule has 0 amide bonds. The van der Waals surface area contributed by atoms with Gasteiger partial charge in [0.1, 0.15) is 11.4 Å². The molecule has 2 aromatic heterocycles. The van der Waals surface area contributed by atoms with Gasteiger partial charge in [-0.25, -0.2) is 19.9 Å². The van der Waals surface area contributed by atoms with E-state index in [1.54, 1.807) is 0 Å². The average Bonchev–Trinajstić information content (AvgIpc) is 2.74. The van der Waals surface area contributed by atoms with Crippen LogP contribution in [-0.4, -0.2) is 19.9 Å². The number of ether oxygens (including phenoxy) is 1. The minimum absolute atomic E-state index is 0.127. The minimum atomic E-state index is -4.41. The van der Waals surface area contributed by atoms with Gasteiger partial charge in [-0.05, 0) is 44.4 Å². The normalized spacial score (nSPS) is 10.3. The number of hydrogen-bond acceptors (Lipinski definition) is 6. The van der Waals surface area contributed by atoms with Crippen LogP contribution in [0, 0.1) is 11.2 Å². The van der Waals surface area contributed by atoms with Crippen molar-refractivity contribution in [3.8, 4) is 34.1 Å². The third kappa shape index (κ3) is 6.57. The van der Waals surface area contributed by atoms with E-state index in [4.69, 9.17) is 4.74 Å². The Hall–Kier alpha value is -2.39. The molecule has 2 heterocycles. The number of benzene rings is 1. The van der Waals surface area contributed by atoms with Crippen LogP contribution in [0.2, 0.25) is 0 Å². The first-order valence-electron chi connectivity index (χ1n) is 8.24. The van der Waals surface area contributed by atoms with E-state index < -0.39 is 11.7 Å². The fourth-order valence-corrected chi connectivity index (χ4v) is 2.46. The summed E-state index contributed by atoms with van der Waals surface area (Å²) in [7, 11) is 1.32. The maximum atomic E-state index is 12.7. The van der Waals surface area contributed by atoms with Crippen molar-refractivity contribution in [3.05, 3.63) is 60.4 Å². The second-order valence-electron chi connectivity index (χ2n) is 4.93. The number of aromatic nitrogens is 4. The van der Waals surface area contributed by atoms with Crippen LogP contribution in [0.25, 0.3) is 11.3 Å². The summed E-state index contributed by atoms with van der Waals surface area (Å²) in [6.45, 7) is 4.00. The van der Waals surface area contributed by atoms with E-state index in [9.17, 15) is 13.2 Å². The monoisotopic (exact) mass is 530 g/mol. The first kappa shape index (κ1) is 22.9. The summed E-state index contributed by atoms with van der Waals surface area (Å²) in [5, 5.41) is 2.78. The number of nitrogens with zero attached hydrogens (tertiary/aromatic N) is 4. The molecule has 0 radical (unpaired) electrons. The number of rotatable bonds is 3. The fraction of sp³-hybridized carbons (Fsp3) is 0.158. The molecule has 29 heavy (non-hydrogen) atoms. The van der Waals surface area contributed by atoms with E-state index in [0.29, 0.717) is 17.1 Å². The van der Waals surface area contributed by atoms with Crippen molar-refractivity contribution < 1.29 is 17.9 Å². The van der Waals surface area contributed by atoms with E-state index in [-0.39, 0.29) is 11.6 Å². The van der Waals surface area contributed by atoms with Crippen molar-refractivity contribution in [1.82, 2.24) is 19.9 Å². The Bertz CT molecular complexity index is 987. The zero-order valence-electron chi connectivity index (χ0n) is 15.2.